The maximum Gasteiger partial charge on any atom is 0.251 e. The molecule has 0 unspecified atom stereocenters. The Morgan fingerprint density at radius 3 is 2.89 bits per heavy atom. The monoisotopic (exact) mass is 260 g/mol. The van der Waals surface area contributed by atoms with Crippen LogP contribution in [0, 0.1) is 13.8 Å². The Hall–Kier alpha value is -1.68. The SMILES string of the molecule is Cc1cccc(C(=O)NCCc2scnc2C)c1. The molecule has 1 aromatic heterocycles. The van der Waals surface area contributed by atoms with E-state index < -0.39 is 0 Å². The number of thiazole rings is 1. The van der Waals surface area contributed by atoms with E-state index in [9.17, 15) is 4.79 Å². The molecule has 0 saturated heterocycles. The zero-order chi connectivity index (χ0) is 13.0. The third-order valence-corrected chi connectivity index (χ3v) is 3.76. The summed E-state index contributed by atoms with van der Waals surface area (Å²) in [4.78, 5) is 17.3. The minimum atomic E-state index is -0.0131. The van der Waals surface area contributed by atoms with Gasteiger partial charge in [-0.3, -0.25) is 4.79 Å². The van der Waals surface area contributed by atoms with Gasteiger partial charge >= 0.3 is 0 Å². The predicted octanol–water partition coefficient (Wildman–Crippen LogP) is 2.73. The van der Waals surface area contributed by atoms with Gasteiger partial charge in [-0.1, -0.05) is 17.7 Å². The van der Waals surface area contributed by atoms with Crippen molar-refractivity contribution in [2.45, 2.75) is 20.3 Å². The van der Waals surface area contributed by atoms with Crippen molar-refractivity contribution in [1.29, 1.82) is 0 Å². The summed E-state index contributed by atoms with van der Waals surface area (Å²) in [5, 5.41) is 2.93. The zero-order valence-electron chi connectivity index (χ0n) is 10.6. The minimum absolute atomic E-state index is 0.0131. The Kier molecular flexibility index (Phi) is 4.10. The number of aryl methyl sites for hydroxylation is 2. The second-order valence-corrected chi connectivity index (χ2v) is 5.18. The third-order valence-electron chi connectivity index (χ3n) is 2.76. The number of amides is 1. The number of nitrogens with zero attached hydrogens (tertiary/aromatic N) is 1. The van der Waals surface area contributed by atoms with Gasteiger partial charge in [0.2, 0.25) is 0 Å². The van der Waals surface area contributed by atoms with Gasteiger partial charge in [0.05, 0.1) is 11.2 Å². The number of benzene rings is 1. The average molecular weight is 260 g/mol. The van der Waals surface area contributed by atoms with Crippen LogP contribution in [-0.4, -0.2) is 17.4 Å². The van der Waals surface area contributed by atoms with Crippen LogP contribution in [0.25, 0.3) is 0 Å². The van der Waals surface area contributed by atoms with Gasteiger partial charge in [0, 0.05) is 23.4 Å². The van der Waals surface area contributed by atoms with Crippen LogP contribution in [0.15, 0.2) is 29.8 Å². The second kappa shape index (κ2) is 5.78. The molecule has 1 aromatic carbocycles. The molecule has 0 bridgehead atoms. The van der Waals surface area contributed by atoms with Crippen LogP contribution in [0.5, 0.6) is 0 Å². The van der Waals surface area contributed by atoms with E-state index in [-0.39, 0.29) is 5.91 Å². The molecule has 2 rings (SSSR count). The van der Waals surface area contributed by atoms with Crippen molar-refractivity contribution in [3.63, 3.8) is 0 Å². The number of hydrogen-bond acceptors (Lipinski definition) is 3. The number of carbonyl (C=O) groups is 1. The largest absolute Gasteiger partial charge is 0.352 e. The van der Waals surface area contributed by atoms with Gasteiger partial charge in [-0.2, -0.15) is 0 Å². The highest BCUT2D eigenvalue weighted by Crippen LogP contribution is 2.12. The highest BCUT2D eigenvalue weighted by atomic mass is 32.1. The first-order valence-corrected chi connectivity index (χ1v) is 6.78. The zero-order valence-corrected chi connectivity index (χ0v) is 11.4. The molecule has 0 saturated carbocycles. The Morgan fingerprint density at radius 2 is 2.22 bits per heavy atom. The molecule has 1 heterocycles. The molecule has 2 aromatic rings. The molecule has 0 atom stereocenters. The van der Waals surface area contributed by atoms with Crippen LogP contribution >= 0.6 is 11.3 Å². The van der Waals surface area contributed by atoms with E-state index >= 15 is 0 Å². The van der Waals surface area contributed by atoms with Crippen LogP contribution in [-0.2, 0) is 6.42 Å². The fraction of sp³-hybridized carbons (Fsp3) is 0.286. The molecule has 4 heteroatoms. The van der Waals surface area contributed by atoms with Crippen molar-refractivity contribution in [3.8, 4) is 0 Å². The van der Waals surface area contributed by atoms with Crippen molar-refractivity contribution in [3.05, 3.63) is 51.5 Å². The summed E-state index contributed by atoms with van der Waals surface area (Å²) in [6.07, 6.45) is 0.841. The van der Waals surface area contributed by atoms with Crippen LogP contribution in [0.4, 0.5) is 0 Å². The lowest BCUT2D eigenvalue weighted by molar-refractivity contribution is 0.0954. The van der Waals surface area contributed by atoms with Crippen LogP contribution in [0.1, 0.15) is 26.5 Å². The Balaban J connectivity index is 1.87. The summed E-state index contributed by atoms with van der Waals surface area (Å²) in [6, 6.07) is 7.61. The molecule has 0 radical (unpaired) electrons. The van der Waals surface area contributed by atoms with E-state index in [0.717, 1.165) is 23.2 Å². The molecule has 0 aliphatic rings. The van der Waals surface area contributed by atoms with Gasteiger partial charge in [0.1, 0.15) is 0 Å². The van der Waals surface area contributed by atoms with Gasteiger partial charge in [0.25, 0.3) is 5.91 Å². The molecular formula is C14H16N2OS. The molecule has 1 amide bonds. The summed E-state index contributed by atoms with van der Waals surface area (Å²) < 4.78 is 0. The molecule has 0 spiro atoms. The molecular weight excluding hydrogens is 244 g/mol. The number of nitrogens with one attached hydrogen (secondary N) is 1. The first-order valence-electron chi connectivity index (χ1n) is 5.90. The summed E-state index contributed by atoms with van der Waals surface area (Å²) in [5.41, 5.74) is 4.72. The number of hydrogen-bond donors (Lipinski definition) is 1. The van der Waals surface area contributed by atoms with Crippen LogP contribution in [0.3, 0.4) is 0 Å². The normalized spacial score (nSPS) is 10.3. The Morgan fingerprint density at radius 1 is 1.39 bits per heavy atom. The van der Waals surface area contributed by atoms with Gasteiger partial charge in [-0.05, 0) is 26.0 Å². The molecule has 18 heavy (non-hydrogen) atoms. The van der Waals surface area contributed by atoms with Crippen LogP contribution in [0.2, 0.25) is 0 Å². The van der Waals surface area contributed by atoms with Gasteiger partial charge in [-0.25, -0.2) is 4.98 Å². The maximum atomic E-state index is 11.9. The highest BCUT2D eigenvalue weighted by molar-refractivity contribution is 7.09. The van der Waals surface area contributed by atoms with Gasteiger partial charge < -0.3 is 5.32 Å². The van der Waals surface area contributed by atoms with E-state index in [2.05, 4.69) is 10.3 Å². The molecule has 3 nitrogen and oxygen atoms in total. The third kappa shape index (κ3) is 3.17. The lowest BCUT2D eigenvalue weighted by Gasteiger charge is -2.05. The lowest BCUT2D eigenvalue weighted by Crippen LogP contribution is -2.25. The van der Waals surface area contributed by atoms with E-state index in [1.165, 1.54) is 4.88 Å². The Labute approximate surface area is 111 Å². The quantitative estimate of drug-likeness (QED) is 0.918. The molecule has 0 fully saturated rings. The summed E-state index contributed by atoms with van der Waals surface area (Å²) in [5.74, 6) is -0.0131. The average Bonchev–Trinajstić information content (AvgIpc) is 2.75. The fourth-order valence-corrected chi connectivity index (χ4v) is 2.53. The second-order valence-electron chi connectivity index (χ2n) is 4.24. The van der Waals surface area contributed by atoms with Crippen molar-refractivity contribution >= 4 is 17.2 Å². The van der Waals surface area contributed by atoms with E-state index in [1.807, 2.05) is 43.6 Å². The van der Waals surface area contributed by atoms with E-state index in [4.69, 9.17) is 0 Å². The number of carbonyl (C=O) groups excluding carboxylic acids is 1. The first kappa shape index (κ1) is 12.8. The van der Waals surface area contributed by atoms with E-state index in [1.54, 1.807) is 11.3 Å². The van der Waals surface area contributed by atoms with E-state index in [0.29, 0.717) is 6.54 Å². The topological polar surface area (TPSA) is 42.0 Å². The molecule has 1 N–H and O–H groups in total. The standard InChI is InChI=1S/C14H16N2OS/c1-10-4-3-5-12(8-10)14(17)15-7-6-13-11(2)16-9-18-13/h3-5,8-9H,6-7H2,1-2H3,(H,15,17). The predicted molar refractivity (Wildman–Crippen MR) is 74.1 cm³/mol. The molecule has 94 valence electrons. The van der Waals surface area contributed by atoms with Crippen molar-refractivity contribution < 1.29 is 4.79 Å². The molecule has 0 aliphatic heterocycles. The van der Waals surface area contributed by atoms with Crippen molar-refractivity contribution in [2.24, 2.45) is 0 Å². The first-order chi connectivity index (χ1) is 8.66. The Bertz CT molecular complexity index is 548. The van der Waals surface area contributed by atoms with Gasteiger partial charge in [0.15, 0.2) is 0 Å². The lowest BCUT2D eigenvalue weighted by atomic mass is 10.1. The minimum Gasteiger partial charge on any atom is -0.352 e. The number of rotatable bonds is 4. The summed E-state index contributed by atoms with van der Waals surface area (Å²) in [7, 11) is 0. The highest BCUT2D eigenvalue weighted by Gasteiger charge is 2.06. The summed E-state index contributed by atoms with van der Waals surface area (Å²) in [6.45, 7) is 4.63. The van der Waals surface area contributed by atoms with Gasteiger partial charge in [-0.15, -0.1) is 11.3 Å². The smallest absolute Gasteiger partial charge is 0.251 e. The van der Waals surface area contributed by atoms with Crippen molar-refractivity contribution in [2.75, 3.05) is 6.54 Å². The number of aromatic nitrogens is 1. The fourth-order valence-electron chi connectivity index (χ4n) is 1.74. The van der Waals surface area contributed by atoms with Crippen LogP contribution < -0.4 is 5.32 Å². The molecule has 0 aliphatic carbocycles. The maximum absolute atomic E-state index is 11.9. The van der Waals surface area contributed by atoms with Crippen molar-refractivity contribution in [1.82, 2.24) is 10.3 Å². The summed E-state index contributed by atoms with van der Waals surface area (Å²) >= 11 is 1.64.